The minimum absolute atomic E-state index is 0.250. The maximum atomic E-state index is 11.6. The van der Waals surface area contributed by atoms with Crippen molar-refractivity contribution in [2.24, 2.45) is 5.73 Å². The van der Waals surface area contributed by atoms with E-state index in [-0.39, 0.29) is 17.5 Å². The van der Waals surface area contributed by atoms with Crippen LogP contribution in [0.3, 0.4) is 0 Å². The summed E-state index contributed by atoms with van der Waals surface area (Å²) in [5, 5.41) is 0. The second kappa shape index (κ2) is 4.54. The second-order valence-corrected chi connectivity index (χ2v) is 4.79. The zero-order chi connectivity index (χ0) is 10.6. The Kier molecular flexibility index (Phi) is 3.62. The van der Waals surface area contributed by atoms with Crippen molar-refractivity contribution in [2.75, 3.05) is 6.54 Å². The van der Waals surface area contributed by atoms with E-state index in [4.69, 9.17) is 5.73 Å². The Morgan fingerprint density at radius 2 is 1.93 bits per heavy atom. The van der Waals surface area contributed by atoms with Crippen LogP contribution in [0.5, 0.6) is 0 Å². The van der Waals surface area contributed by atoms with Gasteiger partial charge in [0, 0.05) is 12.6 Å². The predicted octanol–water partition coefficient (Wildman–Crippen LogP) is 0.312. The molecule has 0 amide bonds. The summed E-state index contributed by atoms with van der Waals surface area (Å²) < 4.78 is 25.7. The fourth-order valence-electron chi connectivity index (χ4n) is 0.981. The van der Waals surface area contributed by atoms with Gasteiger partial charge in [-0.25, -0.2) is 13.1 Å². The van der Waals surface area contributed by atoms with E-state index < -0.39 is 10.0 Å². The summed E-state index contributed by atoms with van der Waals surface area (Å²) >= 11 is 0. The van der Waals surface area contributed by atoms with E-state index in [1.807, 2.05) is 0 Å². The zero-order valence-electron chi connectivity index (χ0n) is 7.97. The van der Waals surface area contributed by atoms with Gasteiger partial charge >= 0.3 is 0 Å². The van der Waals surface area contributed by atoms with Gasteiger partial charge in [0.05, 0.1) is 4.90 Å². The smallest absolute Gasteiger partial charge is 0.240 e. The van der Waals surface area contributed by atoms with Crippen LogP contribution in [-0.4, -0.2) is 21.0 Å². The monoisotopic (exact) mass is 214 g/mol. The van der Waals surface area contributed by atoms with Gasteiger partial charge in [-0.15, -0.1) is 0 Å². The average Bonchev–Trinajstić information content (AvgIpc) is 2.18. The zero-order valence-corrected chi connectivity index (χ0v) is 8.79. The molecule has 1 atom stereocenters. The fraction of sp³-hybridized carbons (Fsp3) is 0.333. The molecule has 0 unspecified atom stereocenters. The first-order valence-corrected chi connectivity index (χ1v) is 5.82. The molecule has 1 aromatic rings. The number of rotatable bonds is 4. The Balaban J connectivity index is 2.87. The van der Waals surface area contributed by atoms with Gasteiger partial charge in [-0.1, -0.05) is 18.2 Å². The molecule has 0 aliphatic carbocycles. The lowest BCUT2D eigenvalue weighted by molar-refractivity contribution is 0.562. The molecule has 78 valence electrons. The van der Waals surface area contributed by atoms with Crippen molar-refractivity contribution in [3.05, 3.63) is 30.3 Å². The normalized spacial score (nSPS) is 13.9. The summed E-state index contributed by atoms with van der Waals surface area (Å²) in [6.45, 7) is 2.01. The van der Waals surface area contributed by atoms with Gasteiger partial charge in [-0.3, -0.25) is 0 Å². The number of hydrogen-bond acceptors (Lipinski definition) is 3. The van der Waals surface area contributed by atoms with E-state index in [0.717, 1.165) is 0 Å². The third kappa shape index (κ3) is 2.80. The molecule has 4 nitrogen and oxygen atoms in total. The highest BCUT2D eigenvalue weighted by atomic mass is 32.2. The lowest BCUT2D eigenvalue weighted by Crippen LogP contribution is -2.37. The predicted molar refractivity (Wildman–Crippen MR) is 55.3 cm³/mol. The van der Waals surface area contributed by atoms with E-state index in [9.17, 15) is 8.42 Å². The summed E-state index contributed by atoms with van der Waals surface area (Å²) in [6.07, 6.45) is 0. The molecule has 0 aliphatic rings. The van der Waals surface area contributed by atoms with Crippen molar-refractivity contribution in [3.63, 3.8) is 0 Å². The molecule has 0 saturated heterocycles. The first kappa shape index (κ1) is 11.2. The van der Waals surface area contributed by atoms with E-state index in [0.29, 0.717) is 0 Å². The fourth-order valence-corrected chi connectivity index (χ4v) is 2.26. The minimum Gasteiger partial charge on any atom is -0.329 e. The summed E-state index contributed by atoms with van der Waals surface area (Å²) in [7, 11) is -3.40. The van der Waals surface area contributed by atoms with Crippen LogP contribution < -0.4 is 10.5 Å². The van der Waals surface area contributed by atoms with Crippen LogP contribution in [0.2, 0.25) is 0 Å². The van der Waals surface area contributed by atoms with Crippen LogP contribution in [0.25, 0.3) is 0 Å². The molecule has 0 bridgehead atoms. The van der Waals surface area contributed by atoms with E-state index in [1.165, 1.54) is 0 Å². The Morgan fingerprint density at radius 3 is 2.43 bits per heavy atom. The SMILES string of the molecule is C[C@@H](CN)NS(=O)(=O)c1ccccc1. The van der Waals surface area contributed by atoms with Gasteiger partial charge in [0.2, 0.25) is 10.0 Å². The van der Waals surface area contributed by atoms with Crippen molar-refractivity contribution >= 4 is 10.0 Å². The molecular weight excluding hydrogens is 200 g/mol. The number of sulfonamides is 1. The molecule has 0 spiro atoms. The lowest BCUT2D eigenvalue weighted by atomic mass is 10.4. The molecule has 3 N–H and O–H groups in total. The highest BCUT2D eigenvalue weighted by Crippen LogP contribution is 2.07. The Morgan fingerprint density at radius 1 is 1.36 bits per heavy atom. The Bertz CT molecular complexity index is 375. The van der Waals surface area contributed by atoms with Crippen molar-refractivity contribution in [1.82, 2.24) is 4.72 Å². The van der Waals surface area contributed by atoms with Gasteiger partial charge < -0.3 is 5.73 Å². The molecule has 1 aromatic carbocycles. The van der Waals surface area contributed by atoms with E-state index in [2.05, 4.69) is 4.72 Å². The van der Waals surface area contributed by atoms with Crippen LogP contribution in [-0.2, 0) is 10.0 Å². The molecule has 0 saturated carbocycles. The molecule has 0 heterocycles. The maximum absolute atomic E-state index is 11.6. The summed E-state index contributed by atoms with van der Waals surface area (Å²) in [4.78, 5) is 0.264. The van der Waals surface area contributed by atoms with Crippen molar-refractivity contribution in [1.29, 1.82) is 0 Å². The highest BCUT2D eigenvalue weighted by molar-refractivity contribution is 7.89. The summed E-state index contributed by atoms with van der Waals surface area (Å²) in [6, 6.07) is 7.98. The molecule has 0 aliphatic heterocycles. The average molecular weight is 214 g/mol. The first-order chi connectivity index (χ1) is 6.56. The molecule has 14 heavy (non-hydrogen) atoms. The van der Waals surface area contributed by atoms with E-state index in [1.54, 1.807) is 37.3 Å². The van der Waals surface area contributed by atoms with Crippen LogP contribution in [0.4, 0.5) is 0 Å². The van der Waals surface area contributed by atoms with Gasteiger partial charge in [0.15, 0.2) is 0 Å². The quantitative estimate of drug-likeness (QED) is 0.757. The van der Waals surface area contributed by atoms with Crippen LogP contribution in [0.1, 0.15) is 6.92 Å². The third-order valence-corrected chi connectivity index (χ3v) is 3.37. The number of benzene rings is 1. The Hall–Kier alpha value is -0.910. The summed E-state index contributed by atoms with van der Waals surface area (Å²) in [5.41, 5.74) is 5.33. The van der Waals surface area contributed by atoms with Gasteiger partial charge in [-0.2, -0.15) is 0 Å². The molecule has 0 radical (unpaired) electrons. The largest absolute Gasteiger partial charge is 0.329 e. The molecular formula is C9H14N2O2S. The van der Waals surface area contributed by atoms with Crippen molar-refractivity contribution in [2.45, 2.75) is 17.9 Å². The van der Waals surface area contributed by atoms with Crippen LogP contribution in [0.15, 0.2) is 35.2 Å². The van der Waals surface area contributed by atoms with E-state index >= 15 is 0 Å². The standard InChI is InChI=1S/C9H14N2O2S/c1-8(7-10)11-14(12,13)9-5-3-2-4-6-9/h2-6,8,11H,7,10H2,1H3/t8-/m0/s1. The molecule has 1 rings (SSSR count). The minimum atomic E-state index is -3.40. The highest BCUT2D eigenvalue weighted by Gasteiger charge is 2.15. The van der Waals surface area contributed by atoms with Crippen molar-refractivity contribution < 1.29 is 8.42 Å². The van der Waals surface area contributed by atoms with Crippen LogP contribution in [0, 0.1) is 0 Å². The van der Waals surface area contributed by atoms with Crippen molar-refractivity contribution in [3.8, 4) is 0 Å². The van der Waals surface area contributed by atoms with Gasteiger partial charge in [0.25, 0.3) is 0 Å². The number of hydrogen-bond donors (Lipinski definition) is 2. The first-order valence-electron chi connectivity index (χ1n) is 4.33. The summed E-state index contributed by atoms with van der Waals surface area (Å²) in [5.74, 6) is 0. The topological polar surface area (TPSA) is 72.2 Å². The van der Waals surface area contributed by atoms with Crippen LogP contribution >= 0.6 is 0 Å². The number of nitrogens with two attached hydrogens (primary N) is 1. The third-order valence-electron chi connectivity index (χ3n) is 1.76. The maximum Gasteiger partial charge on any atom is 0.240 e. The lowest BCUT2D eigenvalue weighted by Gasteiger charge is -2.11. The molecule has 0 aromatic heterocycles. The molecule has 5 heteroatoms. The second-order valence-electron chi connectivity index (χ2n) is 3.07. The Labute approximate surface area is 84.2 Å². The van der Waals surface area contributed by atoms with Gasteiger partial charge in [0.1, 0.15) is 0 Å². The molecule has 0 fully saturated rings. The number of nitrogens with one attached hydrogen (secondary N) is 1. The van der Waals surface area contributed by atoms with Gasteiger partial charge in [-0.05, 0) is 19.1 Å².